The minimum absolute atomic E-state index is 0.00773. The molecule has 1 saturated heterocycles. The van der Waals surface area contributed by atoms with Gasteiger partial charge in [-0.15, -0.1) is 0 Å². The number of aliphatic hydroxyl groups is 2. The van der Waals surface area contributed by atoms with Crippen LogP contribution in [0.3, 0.4) is 0 Å². The molecule has 0 radical (unpaired) electrons. The van der Waals surface area contributed by atoms with Crippen LogP contribution in [-0.2, 0) is 81.7 Å². The first-order valence-electron chi connectivity index (χ1n) is 15.6. The molecule has 8 nitrogen and oxygen atoms in total. The number of rotatable bonds is 15. The molecule has 268 valence electrons. The molecule has 0 aromatic rings. The first-order chi connectivity index (χ1) is 21.1. The second-order valence-corrected chi connectivity index (χ2v) is 16.9. The fourth-order valence-corrected chi connectivity index (χ4v) is 7.99. The van der Waals surface area contributed by atoms with Crippen LogP contribution in [0.5, 0.6) is 0 Å². The Hall–Kier alpha value is -0.150. The lowest BCUT2D eigenvalue weighted by molar-refractivity contribution is -0.191. The Morgan fingerprint density at radius 3 is 1.43 bits per heavy atom. The highest BCUT2D eigenvalue weighted by Crippen LogP contribution is 2.22. The zero-order chi connectivity index (χ0) is 35.2. The first kappa shape index (κ1) is 56.2. The molecule has 0 atom stereocenters. The van der Waals surface area contributed by atoms with E-state index < -0.39 is 6.16 Å². The predicted octanol–water partition coefficient (Wildman–Crippen LogP) is 7.72. The monoisotopic (exact) mass is 744 g/mol. The van der Waals surface area contributed by atoms with Gasteiger partial charge in [-0.2, -0.15) is 9.59 Å². The molecule has 0 saturated carbocycles. The van der Waals surface area contributed by atoms with Crippen LogP contribution in [0.25, 0.3) is 0 Å². The highest BCUT2D eigenvalue weighted by atomic mass is 33.3. The van der Waals surface area contributed by atoms with Crippen LogP contribution >= 0.6 is 0 Å². The summed E-state index contributed by atoms with van der Waals surface area (Å²) >= 11 is 9.03. The zero-order valence-electron chi connectivity index (χ0n) is 28.7. The van der Waals surface area contributed by atoms with Crippen LogP contribution in [0.2, 0.25) is 0 Å². The van der Waals surface area contributed by atoms with Crippen molar-refractivity contribution in [2.45, 2.75) is 139 Å². The number of carbonyl (C=O) groups is 1. The average molecular weight is 745 g/mol. The number of carbonyl (C=O) groups excluding carboxylic acids is 3. The van der Waals surface area contributed by atoms with Gasteiger partial charge < -0.3 is 24.4 Å². The number of unbranched alkanes of at least 4 members (excludes halogenated alkanes) is 9. The molecule has 0 unspecified atom stereocenters. The number of aliphatic hydroxyl groups excluding tert-OH is 2. The van der Waals surface area contributed by atoms with Crippen molar-refractivity contribution >= 4 is 70.2 Å². The van der Waals surface area contributed by atoms with E-state index in [-0.39, 0.29) is 19.4 Å². The lowest BCUT2D eigenvalue weighted by Crippen LogP contribution is -2.11. The molecule has 1 rings (SSSR count). The van der Waals surface area contributed by atoms with E-state index in [1.165, 1.54) is 86.9 Å². The molecule has 2 N–H and O–H groups in total. The summed E-state index contributed by atoms with van der Waals surface area (Å²) in [5.74, 6) is 0. The SMILES string of the molecule is C1CO1.CC.CCCCCCC(C)(C)C.CCCCCCO.CCCCCCOC(=O)OCCO.O=C=O.S=S=S=S=S=S. The summed E-state index contributed by atoms with van der Waals surface area (Å²) in [6.45, 7) is 20.1. The van der Waals surface area contributed by atoms with E-state index in [9.17, 15) is 4.79 Å². The van der Waals surface area contributed by atoms with Gasteiger partial charge in [-0.3, -0.25) is 0 Å². The molecule has 1 aliphatic heterocycles. The Labute approximate surface area is 291 Å². The molecule has 0 amide bonds. The van der Waals surface area contributed by atoms with E-state index in [0.29, 0.717) is 18.6 Å². The van der Waals surface area contributed by atoms with Gasteiger partial charge in [0.05, 0.1) is 26.4 Å². The molecule has 0 aromatic heterocycles. The van der Waals surface area contributed by atoms with Gasteiger partial charge in [-0.1, -0.05) is 120 Å². The van der Waals surface area contributed by atoms with Crippen LogP contribution in [0.1, 0.15) is 139 Å². The van der Waals surface area contributed by atoms with Crippen molar-refractivity contribution in [3.8, 4) is 0 Å². The van der Waals surface area contributed by atoms with Crippen molar-refractivity contribution in [1.82, 2.24) is 0 Å². The molecule has 1 aliphatic rings. The second kappa shape index (κ2) is 58.4. The predicted molar refractivity (Wildman–Crippen MR) is 199 cm³/mol. The summed E-state index contributed by atoms with van der Waals surface area (Å²) < 4.78 is 13.7. The molecule has 44 heavy (non-hydrogen) atoms. The summed E-state index contributed by atoms with van der Waals surface area (Å²) in [6, 6.07) is 0. The summed E-state index contributed by atoms with van der Waals surface area (Å²) in [5.41, 5.74) is 0.549. The highest BCUT2D eigenvalue weighted by molar-refractivity contribution is 8.64. The van der Waals surface area contributed by atoms with Gasteiger partial charge in [0.2, 0.25) is 0 Å². The van der Waals surface area contributed by atoms with E-state index in [1.807, 2.05) is 13.8 Å². The molecule has 0 aliphatic carbocycles. The van der Waals surface area contributed by atoms with Crippen molar-refractivity contribution < 1.29 is 38.8 Å². The van der Waals surface area contributed by atoms with E-state index in [2.05, 4.69) is 73.4 Å². The zero-order valence-corrected chi connectivity index (χ0v) is 33.6. The molecule has 0 bridgehead atoms. The van der Waals surface area contributed by atoms with Gasteiger partial charge in [0, 0.05) is 64.5 Å². The Bertz CT molecular complexity index is 693. The molecule has 14 heteroatoms. The van der Waals surface area contributed by atoms with Gasteiger partial charge in [-0.25, -0.2) is 4.79 Å². The minimum atomic E-state index is -0.689. The van der Waals surface area contributed by atoms with E-state index >= 15 is 0 Å². The first-order valence-corrected chi connectivity index (χ1v) is 22.3. The molecule has 1 fully saturated rings. The smallest absolute Gasteiger partial charge is 0.434 e. The van der Waals surface area contributed by atoms with Crippen molar-refractivity contribution in [3.63, 3.8) is 0 Å². The molecule has 0 aromatic carbocycles. The van der Waals surface area contributed by atoms with Crippen LogP contribution in [-0.4, -0.2) is 62.2 Å². The summed E-state index contributed by atoms with van der Waals surface area (Å²) in [5, 5.41) is 16.6. The maximum absolute atomic E-state index is 10.7. The number of hydrogen-bond acceptors (Lipinski definition) is 10. The van der Waals surface area contributed by atoms with Crippen molar-refractivity contribution in [3.05, 3.63) is 0 Å². The van der Waals surface area contributed by atoms with Crippen molar-refractivity contribution in [1.29, 1.82) is 0 Å². The molecule has 1 heterocycles. The molecular formula is C30H64O8S6. The van der Waals surface area contributed by atoms with Gasteiger partial charge in [0.1, 0.15) is 6.61 Å². The highest BCUT2D eigenvalue weighted by Gasteiger charge is 2.08. The quantitative estimate of drug-likeness (QED) is 0.0979. The van der Waals surface area contributed by atoms with Crippen LogP contribution < -0.4 is 0 Å². The van der Waals surface area contributed by atoms with Gasteiger partial charge in [0.15, 0.2) is 0 Å². The van der Waals surface area contributed by atoms with Gasteiger partial charge >= 0.3 is 12.3 Å². The van der Waals surface area contributed by atoms with Crippen LogP contribution in [0.4, 0.5) is 4.79 Å². The number of ether oxygens (including phenoxy) is 3. The average Bonchev–Trinajstić information content (AvgIpc) is 3.90. The Morgan fingerprint density at radius 1 is 0.727 bits per heavy atom. The molecule has 0 spiro atoms. The summed E-state index contributed by atoms with van der Waals surface area (Å²) in [4.78, 5) is 26.9. The van der Waals surface area contributed by atoms with E-state index in [4.69, 9.17) is 24.5 Å². The lowest BCUT2D eigenvalue weighted by Gasteiger charge is -2.17. The largest absolute Gasteiger partial charge is 0.508 e. The maximum Gasteiger partial charge on any atom is 0.508 e. The normalized spacial score (nSPS) is 9.86. The minimum Gasteiger partial charge on any atom is -0.434 e. The number of epoxide rings is 1. The third-order valence-electron chi connectivity index (χ3n) is 4.61. The second-order valence-electron chi connectivity index (χ2n) is 9.85. The van der Waals surface area contributed by atoms with E-state index in [1.54, 1.807) is 0 Å². The van der Waals surface area contributed by atoms with E-state index in [0.717, 1.165) is 45.3 Å². The fraction of sp³-hybridized carbons (Fsp3) is 0.933. The fourth-order valence-electron chi connectivity index (χ4n) is 2.50. The van der Waals surface area contributed by atoms with Crippen molar-refractivity contribution in [2.24, 2.45) is 5.41 Å². The van der Waals surface area contributed by atoms with Gasteiger partial charge in [0.25, 0.3) is 0 Å². The topological polar surface area (TPSA) is 123 Å². The third kappa shape index (κ3) is 105. The Kier molecular flexibility index (Phi) is 74.6. The van der Waals surface area contributed by atoms with Gasteiger partial charge in [-0.05, 0) is 24.7 Å². The Morgan fingerprint density at radius 2 is 1.11 bits per heavy atom. The van der Waals surface area contributed by atoms with Crippen LogP contribution in [0.15, 0.2) is 0 Å². The standard InChI is InChI=1S/C10H22.C9H18O4.C6H14O.C2H4O.C2H6.CO2.S6/c1-5-6-7-8-9-10(2,3)4;1-2-3-4-5-7-12-9(11)13-8-6-10;1-2-3-4-5-6-7;1-2-3-1;1-2;2-1-3;1-3-5-6-4-2/h5-9H2,1-4H3;10H,2-8H2,1H3;7H,2-6H2,1H3;1-2H2;1-2H3;;. The third-order valence-corrected chi connectivity index (χ3v) is 11.3. The lowest BCUT2D eigenvalue weighted by atomic mass is 9.89. The molecular weight excluding hydrogens is 681 g/mol. The summed E-state index contributed by atoms with van der Waals surface area (Å²) in [6.07, 6.45) is 15.5. The summed E-state index contributed by atoms with van der Waals surface area (Å²) in [7, 11) is 5.63. The number of hydrogen-bond donors (Lipinski definition) is 2. The van der Waals surface area contributed by atoms with Crippen LogP contribution in [0, 0.1) is 5.41 Å². The Balaban J connectivity index is -0.000000104. The van der Waals surface area contributed by atoms with Crippen molar-refractivity contribution in [2.75, 3.05) is 39.6 Å². The maximum atomic E-state index is 10.7.